The summed E-state index contributed by atoms with van der Waals surface area (Å²) in [5.41, 5.74) is 2.27. The number of hydrogen-bond acceptors (Lipinski definition) is 3. The second-order valence-corrected chi connectivity index (χ2v) is 4.30. The molecule has 1 aromatic carbocycles. The van der Waals surface area contributed by atoms with Gasteiger partial charge in [-0.25, -0.2) is 9.07 Å². The molecule has 19 heavy (non-hydrogen) atoms. The van der Waals surface area contributed by atoms with Crippen LogP contribution in [0.3, 0.4) is 0 Å². The largest absolute Gasteiger partial charge is 0.481 e. The molecule has 2 rings (SSSR count). The average molecular weight is 263 g/mol. The number of halogens is 1. The molecule has 1 aromatic heterocycles. The molecule has 5 nitrogen and oxygen atoms in total. The number of aromatic nitrogens is 3. The van der Waals surface area contributed by atoms with E-state index in [4.69, 9.17) is 5.11 Å². The number of benzene rings is 1. The fourth-order valence-electron chi connectivity index (χ4n) is 1.81. The first kappa shape index (κ1) is 13.2. The molecular formula is C13H14FN3O2. The molecule has 0 fully saturated rings. The summed E-state index contributed by atoms with van der Waals surface area (Å²) in [4.78, 5) is 10.5. The number of hydrogen-bond donors (Lipinski definition) is 1. The van der Waals surface area contributed by atoms with Crippen LogP contribution in [0.1, 0.15) is 23.4 Å². The van der Waals surface area contributed by atoms with Gasteiger partial charge in [-0.1, -0.05) is 17.3 Å². The van der Waals surface area contributed by atoms with Crippen LogP contribution in [0.15, 0.2) is 24.3 Å². The standard InChI is InChI=1S/C13H14FN3O2/c1-9-12(5-6-13(18)19)15-16-17(9)8-10-3-2-4-11(14)7-10/h2-4,7H,5-6,8H2,1H3,(H,18,19). The summed E-state index contributed by atoms with van der Waals surface area (Å²) in [5, 5.41) is 16.6. The predicted molar refractivity (Wildman–Crippen MR) is 66.2 cm³/mol. The molecule has 0 unspecified atom stereocenters. The van der Waals surface area contributed by atoms with E-state index in [1.807, 2.05) is 6.92 Å². The topological polar surface area (TPSA) is 68.0 Å². The summed E-state index contributed by atoms with van der Waals surface area (Å²) >= 11 is 0. The highest BCUT2D eigenvalue weighted by Gasteiger charge is 2.10. The van der Waals surface area contributed by atoms with Crippen LogP contribution in [-0.4, -0.2) is 26.1 Å². The van der Waals surface area contributed by atoms with E-state index < -0.39 is 5.97 Å². The lowest BCUT2D eigenvalue weighted by molar-refractivity contribution is -0.136. The van der Waals surface area contributed by atoms with Crippen molar-refractivity contribution < 1.29 is 14.3 Å². The molecule has 0 aliphatic heterocycles. The zero-order valence-corrected chi connectivity index (χ0v) is 10.5. The van der Waals surface area contributed by atoms with Crippen molar-refractivity contribution in [1.82, 2.24) is 15.0 Å². The maximum Gasteiger partial charge on any atom is 0.303 e. The van der Waals surface area contributed by atoms with Gasteiger partial charge in [-0.15, -0.1) is 5.10 Å². The molecule has 1 heterocycles. The zero-order chi connectivity index (χ0) is 13.8. The fraction of sp³-hybridized carbons (Fsp3) is 0.308. The van der Waals surface area contributed by atoms with Crippen molar-refractivity contribution in [2.24, 2.45) is 0 Å². The lowest BCUT2D eigenvalue weighted by Gasteiger charge is -2.04. The molecule has 0 aliphatic carbocycles. The Labute approximate surface area is 109 Å². The van der Waals surface area contributed by atoms with Gasteiger partial charge in [-0.2, -0.15) is 0 Å². The van der Waals surface area contributed by atoms with Gasteiger partial charge in [0.1, 0.15) is 5.82 Å². The van der Waals surface area contributed by atoms with Crippen LogP contribution in [0.25, 0.3) is 0 Å². The second-order valence-electron chi connectivity index (χ2n) is 4.30. The Kier molecular flexibility index (Phi) is 3.89. The number of carbonyl (C=O) groups is 1. The van der Waals surface area contributed by atoms with Gasteiger partial charge in [-0.3, -0.25) is 4.79 Å². The molecule has 0 spiro atoms. The van der Waals surface area contributed by atoms with Crippen LogP contribution in [-0.2, 0) is 17.8 Å². The van der Waals surface area contributed by atoms with Crippen molar-refractivity contribution >= 4 is 5.97 Å². The van der Waals surface area contributed by atoms with Gasteiger partial charge < -0.3 is 5.11 Å². The first-order valence-corrected chi connectivity index (χ1v) is 5.91. The Bertz CT molecular complexity index is 595. The highest BCUT2D eigenvalue weighted by atomic mass is 19.1. The Balaban J connectivity index is 2.11. The summed E-state index contributed by atoms with van der Waals surface area (Å²) in [6, 6.07) is 6.28. The van der Waals surface area contributed by atoms with Crippen molar-refractivity contribution in [1.29, 1.82) is 0 Å². The van der Waals surface area contributed by atoms with Crippen LogP contribution < -0.4 is 0 Å². The van der Waals surface area contributed by atoms with Gasteiger partial charge in [0.15, 0.2) is 0 Å². The van der Waals surface area contributed by atoms with E-state index in [0.29, 0.717) is 18.7 Å². The van der Waals surface area contributed by atoms with Gasteiger partial charge in [0, 0.05) is 6.42 Å². The van der Waals surface area contributed by atoms with E-state index in [1.165, 1.54) is 12.1 Å². The lowest BCUT2D eigenvalue weighted by Crippen LogP contribution is -2.05. The highest BCUT2D eigenvalue weighted by molar-refractivity contribution is 5.67. The van der Waals surface area contributed by atoms with Gasteiger partial charge >= 0.3 is 5.97 Å². The molecule has 0 saturated carbocycles. The second kappa shape index (κ2) is 5.60. The van der Waals surface area contributed by atoms with Crippen LogP contribution >= 0.6 is 0 Å². The summed E-state index contributed by atoms with van der Waals surface area (Å²) in [7, 11) is 0. The van der Waals surface area contributed by atoms with Gasteiger partial charge in [0.2, 0.25) is 0 Å². The van der Waals surface area contributed by atoms with Crippen molar-refractivity contribution in [3.63, 3.8) is 0 Å². The van der Waals surface area contributed by atoms with E-state index in [9.17, 15) is 9.18 Å². The predicted octanol–water partition coefficient (Wildman–Crippen LogP) is 1.79. The van der Waals surface area contributed by atoms with Crippen LogP contribution in [0, 0.1) is 12.7 Å². The van der Waals surface area contributed by atoms with E-state index in [0.717, 1.165) is 11.3 Å². The Morgan fingerprint density at radius 2 is 2.26 bits per heavy atom. The van der Waals surface area contributed by atoms with Crippen LogP contribution in [0.4, 0.5) is 4.39 Å². The van der Waals surface area contributed by atoms with Gasteiger partial charge in [0.25, 0.3) is 0 Å². The zero-order valence-electron chi connectivity index (χ0n) is 10.5. The molecule has 0 aliphatic rings. The third kappa shape index (κ3) is 3.37. The summed E-state index contributed by atoms with van der Waals surface area (Å²) in [5.74, 6) is -1.15. The molecule has 0 atom stereocenters. The Hall–Kier alpha value is -2.24. The number of carboxylic acid groups (broad SMARTS) is 1. The maximum absolute atomic E-state index is 13.1. The number of nitrogens with zero attached hydrogens (tertiary/aromatic N) is 3. The normalized spacial score (nSPS) is 10.6. The van der Waals surface area contributed by atoms with Crippen molar-refractivity contribution in [2.45, 2.75) is 26.3 Å². The number of carboxylic acids is 1. The maximum atomic E-state index is 13.1. The Morgan fingerprint density at radius 3 is 2.95 bits per heavy atom. The number of aryl methyl sites for hydroxylation is 1. The number of rotatable bonds is 5. The molecule has 100 valence electrons. The van der Waals surface area contributed by atoms with Crippen molar-refractivity contribution in [3.8, 4) is 0 Å². The van der Waals surface area contributed by atoms with E-state index >= 15 is 0 Å². The molecular weight excluding hydrogens is 249 g/mol. The smallest absolute Gasteiger partial charge is 0.303 e. The van der Waals surface area contributed by atoms with Gasteiger partial charge in [0.05, 0.1) is 24.4 Å². The molecule has 1 N–H and O–H groups in total. The third-order valence-electron chi connectivity index (χ3n) is 2.88. The van der Waals surface area contributed by atoms with E-state index in [2.05, 4.69) is 10.3 Å². The third-order valence-corrected chi connectivity index (χ3v) is 2.88. The minimum atomic E-state index is -0.862. The SMILES string of the molecule is Cc1c(CCC(=O)O)nnn1Cc1cccc(F)c1. The minimum absolute atomic E-state index is 0.0273. The summed E-state index contributed by atoms with van der Waals surface area (Å²) < 4.78 is 14.7. The molecule has 0 radical (unpaired) electrons. The van der Waals surface area contributed by atoms with E-state index in [-0.39, 0.29) is 12.2 Å². The Morgan fingerprint density at radius 1 is 1.47 bits per heavy atom. The van der Waals surface area contributed by atoms with Crippen LogP contribution in [0.5, 0.6) is 0 Å². The first-order chi connectivity index (χ1) is 9.06. The summed E-state index contributed by atoms with van der Waals surface area (Å²) in [6.45, 7) is 2.25. The lowest BCUT2D eigenvalue weighted by atomic mass is 10.2. The monoisotopic (exact) mass is 263 g/mol. The van der Waals surface area contributed by atoms with Crippen molar-refractivity contribution in [2.75, 3.05) is 0 Å². The average Bonchev–Trinajstić information content (AvgIpc) is 2.68. The van der Waals surface area contributed by atoms with E-state index in [1.54, 1.807) is 16.8 Å². The molecule has 0 saturated heterocycles. The molecule has 0 bridgehead atoms. The fourth-order valence-corrected chi connectivity index (χ4v) is 1.81. The first-order valence-electron chi connectivity index (χ1n) is 5.91. The van der Waals surface area contributed by atoms with Gasteiger partial charge in [-0.05, 0) is 24.6 Å². The molecule has 0 amide bonds. The summed E-state index contributed by atoms with van der Waals surface area (Å²) in [6.07, 6.45) is 0.379. The van der Waals surface area contributed by atoms with Crippen molar-refractivity contribution in [3.05, 3.63) is 47.0 Å². The minimum Gasteiger partial charge on any atom is -0.481 e. The molecule has 6 heteroatoms. The van der Waals surface area contributed by atoms with Crippen LogP contribution in [0.2, 0.25) is 0 Å². The quantitative estimate of drug-likeness (QED) is 0.893. The molecule has 2 aromatic rings. The number of aliphatic carboxylic acids is 1. The highest BCUT2D eigenvalue weighted by Crippen LogP contribution is 2.10.